The van der Waals surface area contributed by atoms with Crippen LogP contribution in [0.1, 0.15) is 31.9 Å². The van der Waals surface area contributed by atoms with E-state index in [0.29, 0.717) is 25.2 Å². The van der Waals surface area contributed by atoms with Gasteiger partial charge >= 0.3 is 0 Å². The van der Waals surface area contributed by atoms with Crippen LogP contribution in [0.4, 0.5) is 8.78 Å². The highest BCUT2D eigenvalue weighted by molar-refractivity contribution is 5.54. The lowest BCUT2D eigenvalue weighted by Gasteiger charge is -2.11. The van der Waals surface area contributed by atoms with E-state index in [9.17, 15) is 8.78 Å². The normalized spacial score (nSPS) is 11.5. The van der Waals surface area contributed by atoms with Gasteiger partial charge in [-0.1, -0.05) is 11.6 Å². The molecule has 0 N–H and O–H groups in total. The van der Waals surface area contributed by atoms with Crippen molar-refractivity contribution in [3.8, 4) is 11.5 Å². The second kappa shape index (κ2) is 8.48. The first-order chi connectivity index (χ1) is 11.5. The third-order valence-corrected chi connectivity index (χ3v) is 3.41. The van der Waals surface area contributed by atoms with Crippen LogP contribution >= 0.6 is 0 Å². The summed E-state index contributed by atoms with van der Waals surface area (Å²) in [5, 5.41) is 0. The number of hydrogen-bond donors (Lipinski definition) is 0. The van der Waals surface area contributed by atoms with Crippen LogP contribution in [0.5, 0.6) is 11.5 Å². The molecule has 2 aromatic carbocycles. The minimum absolute atomic E-state index is 0.375. The van der Waals surface area contributed by atoms with Crippen LogP contribution in [0, 0.1) is 11.6 Å². The molecule has 24 heavy (non-hydrogen) atoms. The SMILES string of the molecule is CCOc1cc(C/C(C)=C/c2ccc(F)cc2F)cc(OCC)c1. The van der Waals surface area contributed by atoms with Gasteiger partial charge in [0.25, 0.3) is 0 Å². The summed E-state index contributed by atoms with van der Waals surface area (Å²) in [7, 11) is 0. The molecule has 0 amide bonds. The van der Waals surface area contributed by atoms with Crippen LogP contribution < -0.4 is 9.47 Å². The topological polar surface area (TPSA) is 18.5 Å². The Morgan fingerprint density at radius 2 is 1.58 bits per heavy atom. The zero-order chi connectivity index (χ0) is 17.5. The summed E-state index contributed by atoms with van der Waals surface area (Å²) in [5.41, 5.74) is 2.34. The summed E-state index contributed by atoms with van der Waals surface area (Å²) in [5.74, 6) is 0.360. The molecule has 0 radical (unpaired) electrons. The Morgan fingerprint density at radius 1 is 0.958 bits per heavy atom. The van der Waals surface area contributed by atoms with E-state index in [4.69, 9.17) is 9.47 Å². The third kappa shape index (κ3) is 5.08. The smallest absolute Gasteiger partial charge is 0.133 e. The molecular formula is C20H22F2O2. The Hall–Kier alpha value is -2.36. The summed E-state index contributed by atoms with van der Waals surface area (Å²) in [6, 6.07) is 9.34. The average Bonchev–Trinajstić information content (AvgIpc) is 2.50. The first kappa shape index (κ1) is 18.0. The van der Waals surface area contributed by atoms with Gasteiger partial charge in [0.1, 0.15) is 23.1 Å². The molecule has 2 rings (SSSR count). The van der Waals surface area contributed by atoms with Crippen LogP contribution in [0.3, 0.4) is 0 Å². The van der Waals surface area contributed by atoms with E-state index in [-0.39, 0.29) is 0 Å². The first-order valence-corrected chi connectivity index (χ1v) is 8.03. The molecule has 0 aromatic heterocycles. The van der Waals surface area contributed by atoms with Crippen molar-refractivity contribution in [2.75, 3.05) is 13.2 Å². The van der Waals surface area contributed by atoms with Crippen molar-refractivity contribution in [3.05, 3.63) is 64.7 Å². The molecular weight excluding hydrogens is 310 g/mol. The Kier molecular flexibility index (Phi) is 6.36. The average molecular weight is 332 g/mol. The van der Waals surface area contributed by atoms with Crippen molar-refractivity contribution in [3.63, 3.8) is 0 Å². The Labute approximate surface area is 141 Å². The first-order valence-electron chi connectivity index (χ1n) is 8.03. The zero-order valence-electron chi connectivity index (χ0n) is 14.2. The van der Waals surface area contributed by atoms with Gasteiger partial charge in [-0.25, -0.2) is 8.78 Å². The molecule has 128 valence electrons. The monoisotopic (exact) mass is 332 g/mol. The van der Waals surface area contributed by atoms with Crippen LogP contribution in [-0.4, -0.2) is 13.2 Å². The molecule has 0 aliphatic rings. The minimum Gasteiger partial charge on any atom is -0.494 e. The molecule has 0 spiro atoms. The van der Waals surface area contributed by atoms with Crippen LogP contribution in [-0.2, 0) is 6.42 Å². The minimum atomic E-state index is -0.576. The van der Waals surface area contributed by atoms with E-state index in [1.807, 2.05) is 39.0 Å². The highest BCUT2D eigenvalue weighted by Crippen LogP contribution is 2.25. The van der Waals surface area contributed by atoms with Crippen LogP contribution in [0.25, 0.3) is 6.08 Å². The maximum Gasteiger partial charge on any atom is 0.133 e. The molecule has 0 atom stereocenters. The Morgan fingerprint density at radius 3 is 2.12 bits per heavy atom. The molecule has 0 aliphatic carbocycles. The number of halogens is 2. The fraction of sp³-hybridized carbons (Fsp3) is 0.300. The lowest BCUT2D eigenvalue weighted by Crippen LogP contribution is -1.98. The fourth-order valence-corrected chi connectivity index (χ4v) is 2.49. The highest BCUT2D eigenvalue weighted by atomic mass is 19.1. The molecule has 2 nitrogen and oxygen atoms in total. The Bertz CT molecular complexity index is 699. The van der Waals surface area contributed by atoms with Crippen molar-refractivity contribution < 1.29 is 18.3 Å². The zero-order valence-corrected chi connectivity index (χ0v) is 14.2. The maximum atomic E-state index is 13.8. The summed E-state index contributed by atoms with van der Waals surface area (Å²) in [4.78, 5) is 0. The van der Waals surface area contributed by atoms with Crippen LogP contribution in [0.15, 0.2) is 42.0 Å². The number of allylic oxidation sites excluding steroid dienone is 1. The van der Waals surface area contributed by atoms with Crippen molar-refractivity contribution in [2.45, 2.75) is 27.2 Å². The van der Waals surface area contributed by atoms with Gasteiger partial charge < -0.3 is 9.47 Å². The molecule has 0 bridgehead atoms. The summed E-state index contributed by atoms with van der Waals surface area (Å²) in [6.07, 6.45) is 2.35. The van der Waals surface area contributed by atoms with Gasteiger partial charge in [0.15, 0.2) is 0 Å². The molecule has 0 saturated heterocycles. The summed E-state index contributed by atoms with van der Waals surface area (Å²) < 4.78 is 37.9. The summed E-state index contributed by atoms with van der Waals surface area (Å²) in [6.45, 7) is 6.91. The molecule has 0 fully saturated rings. The fourth-order valence-electron chi connectivity index (χ4n) is 2.49. The number of benzene rings is 2. The molecule has 0 aliphatic heterocycles. The standard InChI is InChI=1S/C20H22F2O2/c1-4-23-18-10-15(11-19(13-18)24-5-2)8-14(3)9-16-6-7-17(21)12-20(16)22/h6-7,9-13H,4-5,8H2,1-3H3/b14-9+. The van der Waals surface area contributed by atoms with E-state index in [0.717, 1.165) is 28.7 Å². The van der Waals surface area contributed by atoms with E-state index < -0.39 is 11.6 Å². The van der Waals surface area contributed by atoms with Crippen molar-refractivity contribution >= 4 is 6.08 Å². The number of rotatable bonds is 7. The third-order valence-electron chi connectivity index (χ3n) is 3.41. The van der Waals surface area contributed by atoms with E-state index >= 15 is 0 Å². The summed E-state index contributed by atoms with van der Waals surface area (Å²) >= 11 is 0. The highest BCUT2D eigenvalue weighted by Gasteiger charge is 2.06. The van der Waals surface area contributed by atoms with Crippen LogP contribution in [0.2, 0.25) is 0 Å². The molecule has 0 unspecified atom stereocenters. The van der Waals surface area contributed by atoms with Crippen molar-refractivity contribution in [2.24, 2.45) is 0 Å². The predicted octanol–water partition coefficient (Wildman–Crippen LogP) is 5.41. The van der Waals surface area contributed by atoms with Crippen molar-refractivity contribution in [1.82, 2.24) is 0 Å². The Balaban J connectivity index is 2.23. The van der Waals surface area contributed by atoms with Crippen molar-refractivity contribution in [1.29, 1.82) is 0 Å². The van der Waals surface area contributed by atoms with Gasteiger partial charge in [-0.2, -0.15) is 0 Å². The molecule has 4 heteroatoms. The predicted molar refractivity (Wildman–Crippen MR) is 92.5 cm³/mol. The van der Waals surface area contributed by atoms with Gasteiger partial charge in [-0.3, -0.25) is 0 Å². The van der Waals surface area contributed by atoms with E-state index in [1.54, 1.807) is 6.08 Å². The molecule has 0 heterocycles. The lowest BCUT2D eigenvalue weighted by atomic mass is 10.0. The van der Waals surface area contributed by atoms with Gasteiger partial charge in [-0.15, -0.1) is 0 Å². The van der Waals surface area contributed by atoms with Gasteiger partial charge in [0, 0.05) is 17.7 Å². The molecule has 0 saturated carbocycles. The second-order valence-electron chi connectivity index (χ2n) is 5.51. The quantitative estimate of drug-likeness (QED) is 0.675. The maximum absolute atomic E-state index is 13.8. The van der Waals surface area contributed by atoms with Gasteiger partial charge in [0.2, 0.25) is 0 Å². The van der Waals surface area contributed by atoms with Gasteiger partial charge in [-0.05, 0) is 57.0 Å². The number of hydrogen-bond acceptors (Lipinski definition) is 2. The molecule has 2 aromatic rings. The largest absolute Gasteiger partial charge is 0.494 e. The van der Waals surface area contributed by atoms with Gasteiger partial charge in [0.05, 0.1) is 13.2 Å². The lowest BCUT2D eigenvalue weighted by molar-refractivity contribution is 0.322. The number of ether oxygens (including phenoxy) is 2. The second-order valence-corrected chi connectivity index (χ2v) is 5.51. The van der Waals surface area contributed by atoms with E-state index in [2.05, 4.69) is 0 Å². The van der Waals surface area contributed by atoms with E-state index in [1.165, 1.54) is 12.1 Å².